The Morgan fingerprint density at radius 3 is 2.82 bits per heavy atom. The van der Waals surface area contributed by atoms with Crippen LogP contribution in [0.4, 0.5) is 5.69 Å². The van der Waals surface area contributed by atoms with Crippen molar-refractivity contribution < 1.29 is 0 Å². The number of hydrogen-bond donors (Lipinski definition) is 2. The van der Waals surface area contributed by atoms with Gasteiger partial charge in [-0.1, -0.05) is 17.7 Å². The number of hydrogen-bond acceptors (Lipinski definition) is 5. The molecule has 1 aliphatic carbocycles. The first kappa shape index (κ1) is 17.5. The fourth-order valence-electron chi connectivity index (χ4n) is 4.17. The SMILES string of the molecule is CN(c1cc(Cl)nn2c(-c3ccc4[nH]ncc4c3)cnc12)C1CCC(N)CC1. The van der Waals surface area contributed by atoms with Crippen molar-refractivity contribution >= 4 is 33.8 Å². The third-order valence-electron chi connectivity index (χ3n) is 5.82. The van der Waals surface area contributed by atoms with Crippen molar-refractivity contribution in [3.63, 3.8) is 0 Å². The zero-order chi connectivity index (χ0) is 19.3. The van der Waals surface area contributed by atoms with Gasteiger partial charge in [0.1, 0.15) is 0 Å². The Bertz CT molecular complexity index is 1140. The summed E-state index contributed by atoms with van der Waals surface area (Å²) in [5.74, 6) is 0. The number of aromatic amines is 1. The van der Waals surface area contributed by atoms with Crippen LogP contribution < -0.4 is 10.6 Å². The van der Waals surface area contributed by atoms with E-state index in [1.54, 1.807) is 0 Å². The van der Waals surface area contributed by atoms with Crippen molar-refractivity contribution in [3.8, 4) is 11.3 Å². The molecule has 144 valence electrons. The summed E-state index contributed by atoms with van der Waals surface area (Å²) < 4.78 is 1.84. The first-order valence-corrected chi connectivity index (χ1v) is 9.94. The largest absolute Gasteiger partial charge is 0.368 e. The smallest absolute Gasteiger partial charge is 0.177 e. The summed E-state index contributed by atoms with van der Waals surface area (Å²) in [6.07, 6.45) is 7.93. The lowest BCUT2D eigenvalue weighted by atomic mass is 9.91. The van der Waals surface area contributed by atoms with E-state index in [1.165, 1.54) is 0 Å². The van der Waals surface area contributed by atoms with E-state index in [-0.39, 0.29) is 0 Å². The number of fused-ring (bicyclic) bond motifs is 2. The van der Waals surface area contributed by atoms with Crippen molar-refractivity contribution in [2.75, 3.05) is 11.9 Å². The Morgan fingerprint density at radius 2 is 2.00 bits per heavy atom. The zero-order valence-corrected chi connectivity index (χ0v) is 16.4. The summed E-state index contributed by atoms with van der Waals surface area (Å²) in [5.41, 5.74) is 10.8. The lowest BCUT2D eigenvalue weighted by Gasteiger charge is -2.35. The lowest BCUT2D eigenvalue weighted by molar-refractivity contribution is 0.385. The van der Waals surface area contributed by atoms with Crippen molar-refractivity contribution in [1.82, 2.24) is 24.8 Å². The summed E-state index contributed by atoms with van der Waals surface area (Å²) in [5, 5.41) is 13.1. The molecule has 7 nitrogen and oxygen atoms in total. The van der Waals surface area contributed by atoms with Crippen LogP contribution >= 0.6 is 11.6 Å². The molecule has 3 heterocycles. The molecule has 5 rings (SSSR count). The number of benzene rings is 1. The number of nitrogens with two attached hydrogens (primary N) is 1. The van der Waals surface area contributed by atoms with Gasteiger partial charge in [0.15, 0.2) is 10.8 Å². The van der Waals surface area contributed by atoms with Crippen LogP contribution in [0.5, 0.6) is 0 Å². The van der Waals surface area contributed by atoms with E-state index in [4.69, 9.17) is 17.3 Å². The standard InChI is InChI=1S/C20H22ClN7/c1-27(15-5-3-14(22)4-6-15)17-9-19(21)26-28-18(11-23-20(17)28)12-2-7-16-13(8-12)10-24-25-16/h2,7-11,14-15H,3-6,22H2,1H3,(H,24,25). The lowest BCUT2D eigenvalue weighted by Crippen LogP contribution is -2.39. The fourth-order valence-corrected chi connectivity index (χ4v) is 4.35. The molecule has 28 heavy (non-hydrogen) atoms. The van der Waals surface area contributed by atoms with Gasteiger partial charge in [0.2, 0.25) is 0 Å². The molecule has 1 saturated carbocycles. The summed E-state index contributed by atoms with van der Waals surface area (Å²) in [4.78, 5) is 6.97. The first-order valence-electron chi connectivity index (χ1n) is 9.56. The summed E-state index contributed by atoms with van der Waals surface area (Å²) >= 11 is 6.40. The third kappa shape index (κ3) is 2.91. The number of nitrogens with one attached hydrogen (secondary N) is 1. The predicted molar refractivity (Wildman–Crippen MR) is 112 cm³/mol. The normalized spacial score (nSPS) is 20.1. The van der Waals surface area contributed by atoms with Crippen LogP contribution in [0, 0.1) is 0 Å². The third-order valence-corrected chi connectivity index (χ3v) is 6.01. The molecular weight excluding hydrogens is 374 g/mol. The van der Waals surface area contributed by atoms with Gasteiger partial charge < -0.3 is 10.6 Å². The first-order chi connectivity index (χ1) is 13.6. The Morgan fingerprint density at radius 1 is 1.18 bits per heavy atom. The second-order valence-corrected chi connectivity index (χ2v) is 7.97. The average Bonchev–Trinajstić information content (AvgIpc) is 3.33. The quantitative estimate of drug-likeness (QED) is 0.553. The molecule has 1 aliphatic rings. The zero-order valence-electron chi connectivity index (χ0n) is 15.6. The molecule has 0 saturated heterocycles. The monoisotopic (exact) mass is 395 g/mol. The van der Waals surface area contributed by atoms with E-state index in [0.29, 0.717) is 17.2 Å². The molecule has 0 radical (unpaired) electrons. The van der Waals surface area contributed by atoms with Gasteiger partial charge in [-0.05, 0) is 37.8 Å². The Balaban J connectivity index is 1.58. The molecule has 0 atom stereocenters. The van der Waals surface area contributed by atoms with Crippen LogP contribution in [-0.2, 0) is 0 Å². The van der Waals surface area contributed by atoms with Gasteiger partial charge in [-0.25, -0.2) is 9.50 Å². The Kier molecular flexibility index (Phi) is 4.21. The molecule has 1 aromatic carbocycles. The summed E-state index contributed by atoms with van der Waals surface area (Å²) in [6.45, 7) is 0. The highest BCUT2D eigenvalue weighted by Crippen LogP contribution is 2.32. The average molecular weight is 396 g/mol. The molecule has 1 fully saturated rings. The molecule has 3 N–H and O–H groups in total. The van der Waals surface area contributed by atoms with Crippen molar-refractivity contribution in [2.24, 2.45) is 5.73 Å². The van der Waals surface area contributed by atoms with Gasteiger partial charge in [0, 0.05) is 36.1 Å². The number of H-pyrrole nitrogens is 1. The molecule has 0 aliphatic heterocycles. The van der Waals surface area contributed by atoms with E-state index < -0.39 is 0 Å². The van der Waals surface area contributed by atoms with Crippen LogP contribution in [0.2, 0.25) is 5.15 Å². The maximum absolute atomic E-state index is 6.40. The summed E-state index contributed by atoms with van der Waals surface area (Å²) in [6, 6.07) is 8.79. The molecule has 0 bridgehead atoms. The van der Waals surface area contributed by atoms with Gasteiger partial charge in [0.05, 0.1) is 29.3 Å². The molecule has 0 spiro atoms. The summed E-state index contributed by atoms with van der Waals surface area (Å²) in [7, 11) is 2.11. The highest BCUT2D eigenvalue weighted by molar-refractivity contribution is 6.29. The van der Waals surface area contributed by atoms with E-state index in [9.17, 15) is 0 Å². The van der Waals surface area contributed by atoms with Gasteiger partial charge in [-0.2, -0.15) is 10.2 Å². The molecule has 0 amide bonds. The van der Waals surface area contributed by atoms with Crippen LogP contribution in [0.3, 0.4) is 0 Å². The Labute approximate surface area is 167 Å². The number of halogens is 1. The van der Waals surface area contributed by atoms with Crippen molar-refractivity contribution in [2.45, 2.75) is 37.8 Å². The van der Waals surface area contributed by atoms with Gasteiger partial charge in [-0.15, -0.1) is 0 Å². The van der Waals surface area contributed by atoms with Crippen LogP contribution in [-0.4, -0.2) is 43.9 Å². The number of aromatic nitrogens is 5. The number of rotatable bonds is 3. The topological polar surface area (TPSA) is 88.1 Å². The second kappa shape index (κ2) is 6.76. The van der Waals surface area contributed by atoms with Crippen LogP contribution in [0.15, 0.2) is 36.7 Å². The van der Waals surface area contributed by atoms with Gasteiger partial charge in [-0.3, -0.25) is 5.10 Å². The maximum atomic E-state index is 6.40. The molecule has 4 aromatic rings. The van der Waals surface area contributed by atoms with Crippen molar-refractivity contribution in [3.05, 3.63) is 41.8 Å². The fraction of sp³-hybridized carbons (Fsp3) is 0.350. The van der Waals surface area contributed by atoms with E-state index in [0.717, 1.165) is 59.2 Å². The molecule has 3 aromatic heterocycles. The second-order valence-electron chi connectivity index (χ2n) is 7.58. The maximum Gasteiger partial charge on any atom is 0.177 e. The minimum absolute atomic E-state index is 0.321. The minimum atomic E-state index is 0.321. The number of nitrogens with zero attached hydrogens (tertiary/aromatic N) is 5. The van der Waals surface area contributed by atoms with Crippen molar-refractivity contribution in [1.29, 1.82) is 0 Å². The highest BCUT2D eigenvalue weighted by Gasteiger charge is 2.25. The Hall–Kier alpha value is -2.64. The van der Waals surface area contributed by atoms with Crippen LogP contribution in [0.1, 0.15) is 25.7 Å². The van der Waals surface area contributed by atoms with Crippen LogP contribution in [0.25, 0.3) is 27.8 Å². The van der Waals surface area contributed by atoms with E-state index in [1.807, 2.05) is 35.1 Å². The van der Waals surface area contributed by atoms with E-state index in [2.05, 4.69) is 38.3 Å². The number of anilines is 1. The predicted octanol–water partition coefficient (Wildman–Crippen LogP) is 3.63. The minimum Gasteiger partial charge on any atom is -0.368 e. The molecule has 8 heteroatoms. The molecule has 0 unspecified atom stereocenters. The number of imidazole rings is 1. The molecular formula is C20H22ClN7. The van der Waals surface area contributed by atoms with E-state index >= 15 is 0 Å². The van der Waals surface area contributed by atoms with Gasteiger partial charge >= 0.3 is 0 Å². The van der Waals surface area contributed by atoms with Gasteiger partial charge in [0.25, 0.3) is 0 Å². The highest BCUT2D eigenvalue weighted by atomic mass is 35.5.